The van der Waals surface area contributed by atoms with E-state index in [1.165, 1.54) is 5.56 Å². The van der Waals surface area contributed by atoms with Crippen LogP contribution in [-0.2, 0) is 25.9 Å². The minimum atomic E-state index is -0.0132. The predicted octanol–water partition coefficient (Wildman–Crippen LogP) is 3.33. The molecule has 0 aliphatic carbocycles. The number of carbonyl (C=O) groups is 1. The predicted molar refractivity (Wildman–Crippen MR) is 95.9 cm³/mol. The minimum Gasteiger partial charge on any atom is -0.334 e. The van der Waals surface area contributed by atoms with Crippen molar-refractivity contribution in [2.24, 2.45) is 5.92 Å². The summed E-state index contributed by atoms with van der Waals surface area (Å²) in [6, 6.07) is 5.98. The Kier molecular flexibility index (Phi) is 6.12. The van der Waals surface area contributed by atoms with E-state index in [-0.39, 0.29) is 5.91 Å². The van der Waals surface area contributed by atoms with Crippen LogP contribution in [0.3, 0.4) is 0 Å². The number of pyridine rings is 1. The van der Waals surface area contributed by atoms with Gasteiger partial charge in [-0.3, -0.25) is 14.5 Å². The van der Waals surface area contributed by atoms with E-state index in [9.17, 15) is 4.79 Å². The number of aryl methyl sites for hydroxylation is 2. The van der Waals surface area contributed by atoms with Crippen LogP contribution in [0.25, 0.3) is 0 Å². The number of aromatic nitrogens is 3. The van der Waals surface area contributed by atoms with Gasteiger partial charge < -0.3 is 4.90 Å². The molecule has 2 heterocycles. The quantitative estimate of drug-likeness (QED) is 0.783. The van der Waals surface area contributed by atoms with Crippen LogP contribution in [0.2, 0.25) is 0 Å². The van der Waals surface area contributed by atoms with Gasteiger partial charge in [0.05, 0.1) is 17.9 Å². The molecule has 0 saturated carbocycles. The summed E-state index contributed by atoms with van der Waals surface area (Å²) < 4.78 is 1.80. The van der Waals surface area contributed by atoms with Crippen molar-refractivity contribution in [2.75, 3.05) is 7.05 Å². The van der Waals surface area contributed by atoms with Crippen LogP contribution in [0.5, 0.6) is 0 Å². The number of hydrogen-bond donors (Lipinski definition) is 0. The molecule has 0 saturated heterocycles. The van der Waals surface area contributed by atoms with Crippen LogP contribution < -0.4 is 0 Å². The van der Waals surface area contributed by atoms with Crippen molar-refractivity contribution in [3.63, 3.8) is 0 Å². The SMILES string of the molecule is CCc1ccc(CN(C)C(=O)c2cc(CC(C)C)nn2CC)nc1. The second-order valence-corrected chi connectivity index (χ2v) is 6.61. The molecule has 0 bridgehead atoms. The van der Waals surface area contributed by atoms with Gasteiger partial charge in [-0.15, -0.1) is 0 Å². The third-order valence-electron chi connectivity index (χ3n) is 4.01. The molecule has 0 spiro atoms. The Hall–Kier alpha value is -2.17. The minimum absolute atomic E-state index is 0.0132. The molecule has 5 nitrogen and oxygen atoms in total. The molecule has 1 amide bonds. The van der Waals surface area contributed by atoms with Crippen LogP contribution in [-0.4, -0.2) is 32.6 Å². The smallest absolute Gasteiger partial charge is 0.272 e. The maximum absolute atomic E-state index is 12.8. The zero-order valence-electron chi connectivity index (χ0n) is 15.4. The maximum Gasteiger partial charge on any atom is 0.272 e. The highest BCUT2D eigenvalue weighted by atomic mass is 16.2. The van der Waals surface area contributed by atoms with E-state index in [0.29, 0.717) is 24.7 Å². The number of rotatable bonds is 7. The van der Waals surface area contributed by atoms with Crippen LogP contribution in [0, 0.1) is 5.92 Å². The second kappa shape index (κ2) is 8.08. The molecule has 0 aromatic carbocycles. The molecule has 0 N–H and O–H groups in total. The van der Waals surface area contributed by atoms with Crippen LogP contribution in [0.1, 0.15) is 55.1 Å². The lowest BCUT2D eigenvalue weighted by molar-refractivity contribution is 0.0771. The summed E-state index contributed by atoms with van der Waals surface area (Å²) >= 11 is 0. The molecule has 130 valence electrons. The van der Waals surface area contributed by atoms with Crippen molar-refractivity contribution < 1.29 is 4.79 Å². The zero-order chi connectivity index (χ0) is 17.7. The average molecular weight is 328 g/mol. The molecule has 5 heteroatoms. The number of carbonyl (C=O) groups excluding carboxylic acids is 1. The Morgan fingerprint density at radius 1 is 1.25 bits per heavy atom. The van der Waals surface area contributed by atoms with Gasteiger partial charge in [-0.05, 0) is 43.4 Å². The second-order valence-electron chi connectivity index (χ2n) is 6.61. The third-order valence-corrected chi connectivity index (χ3v) is 4.01. The van der Waals surface area contributed by atoms with Gasteiger partial charge in [0.2, 0.25) is 0 Å². The van der Waals surface area contributed by atoms with Crippen molar-refractivity contribution in [1.82, 2.24) is 19.7 Å². The fourth-order valence-electron chi connectivity index (χ4n) is 2.67. The Balaban J connectivity index is 2.12. The number of amides is 1. The van der Waals surface area contributed by atoms with Gasteiger partial charge in [-0.25, -0.2) is 0 Å². The molecule has 0 fully saturated rings. The largest absolute Gasteiger partial charge is 0.334 e. The van der Waals surface area contributed by atoms with Crippen molar-refractivity contribution in [1.29, 1.82) is 0 Å². The summed E-state index contributed by atoms with van der Waals surface area (Å²) in [5.74, 6) is 0.507. The van der Waals surface area contributed by atoms with Crippen molar-refractivity contribution in [3.8, 4) is 0 Å². The molecule has 0 aliphatic rings. The van der Waals surface area contributed by atoms with Gasteiger partial charge in [0.15, 0.2) is 0 Å². The molecule has 0 radical (unpaired) electrons. The van der Waals surface area contributed by atoms with E-state index in [4.69, 9.17) is 0 Å². The van der Waals surface area contributed by atoms with Crippen molar-refractivity contribution >= 4 is 5.91 Å². The molecule has 0 aliphatic heterocycles. The van der Waals surface area contributed by atoms with Gasteiger partial charge in [-0.2, -0.15) is 5.10 Å². The molecule has 2 rings (SSSR count). The Bertz CT molecular complexity index is 673. The first-order valence-electron chi connectivity index (χ1n) is 8.70. The van der Waals surface area contributed by atoms with Crippen molar-refractivity contribution in [3.05, 3.63) is 47.0 Å². The van der Waals surface area contributed by atoms with E-state index in [2.05, 4.69) is 36.9 Å². The van der Waals surface area contributed by atoms with Gasteiger partial charge in [0.1, 0.15) is 5.69 Å². The number of hydrogen-bond acceptors (Lipinski definition) is 3. The molecular formula is C19H28N4O. The monoisotopic (exact) mass is 328 g/mol. The Morgan fingerprint density at radius 2 is 2.00 bits per heavy atom. The Labute approximate surface area is 144 Å². The van der Waals surface area contributed by atoms with Crippen molar-refractivity contribution in [2.45, 2.75) is 53.6 Å². The van der Waals surface area contributed by atoms with Crippen LogP contribution in [0.4, 0.5) is 0 Å². The lowest BCUT2D eigenvalue weighted by Crippen LogP contribution is -2.28. The summed E-state index contributed by atoms with van der Waals surface area (Å²) in [6.45, 7) is 9.61. The van der Waals surface area contributed by atoms with Gasteiger partial charge >= 0.3 is 0 Å². The molecule has 0 atom stereocenters. The highest BCUT2D eigenvalue weighted by molar-refractivity contribution is 5.92. The highest BCUT2D eigenvalue weighted by Gasteiger charge is 2.19. The fraction of sp³-hybridized carbons (Fsp3) is 0.526. The van der Waals surface area contributed by atoms with Crippen LogP contribution >= 0.6 is 0 Å². The summed E-state index contributed by atoms with van der Waals surface area (Å²) in [4.78, 5) is 18.9. The molecule has 2 aromatic heterocycles. The lowest BCUT2D eigenvalue weighted by atomic mass is 10.1. The van der Waals surface area contributed by atoms with Gasteiger partial charge in [0.25, 0.3) is 5.91 Å². The van der Waals surface area contributed by atoms with E-state index < -0.39 is 0 Å². The van der Waals surface area contributed by atoms with Gasteiger partial charge in [-0.1, -0.05) is 26.8 Å². The van der Waals surface area contributed by atoms with Gasteiger partial charge in [0, 0.05) is 19.8 Å². The van der Waals surface area contributed by atoms with E-state index in [0.717, 1.165) is 24.2 Å². The number of nitrogens with zero attached hydrogens (tertiary/aromatic N) is 4. The zero-order valence-corrected chi connectivity index (χ0v) is 15.4. The Morgan fingerprint density at radius 3 is 2.54 bits per heavy atom. The molecular weight excluding hydrogens is 300 g/mol. The third kappa shape index (κ3) is 4.43. The summed E-state index contributed by atoms with van der Waals surface area (Å²) in [7, 11) is 1.81. The first kappa shape index (κ1) is 18.2. The van der Waals surface area contributed by atoms with Crippen LogP contribution in [0.15, 0.2) is 24.4 Å². The maximum atomic E-state index is 12.8. The standard InChI is InChI=1S/C19H28N4O/c1-6-15-8-9-16(20-12-15)13-22(5)19(24)18-11-17(10-14(3)4)21-23(18)7-2/h8-9,11-12,14H,6-7,10,13H2,1-5H3. The molecule has 2 aromatic rings. The first-order chi connectivity index (χ1) is 11.4. The fourth-order valence-corrected chi connectivity index (χ4v) is 2.67. The lowest BCUT2D eigenvalue weighted by Gasteiger charge is -2.17. The summed E-state index contributed by atoms with van der Waals surface area (Å²) in [6.07, 6.45) is 3.73. The van der Waals surface area contributed by atoms with E-state index >= 15 is 0 Å². The van der Waals surface area contributed by atoms with E-state index in [1.807, 2.05) is 32.3 Å². The average Bonchev–Trinajstić information content (AvgIpc) is 2.96. The summed E-state index contributed by atoms with van der Waals surface area (Å²) in [5.41, 5.74) is 3.73. The first-order valence-corrected chi connectivity index (χ1v) is 8.70. The molecule has 0 unspecified atom stereocenters. The molecule has 24 heavy (non-hydrogen) atoms. The highest BCUT2D eigenvalue weighted by Crippen LogP contribution is 2.13. The normalized spacial score (nSPS) is 11.1. The summed E-state index contributed by atoms with van der Waals surface area (Å²) in [5, 5.41) is 4.56. The topological polar surface area (TPSA) is 51.0 Å². The van der Waals surface area contributed by atoms with E-state index in [1.54, 1.807) is 9.58 Å².